The van der Waals surface area contributed by atoms with Crippen LogP contribution in [0, 0.1) is 6.92 Å². The Morgan fingerprint density at radius 2 is 2.17 bits per heavy atom. The Morgan fingerprint density at radius 3 is 2.83 bits per heavy atom. The van der Waals surface area contributed by atoms with Crippen LogP contribution in [0.25, 0.3) is 0 Å². The van der Waals surface area contributed by atoms with Crippen molar-refractivity contribution < 1.29 is 4.74 Å². The molecule has 0 aliphatic heterocycles. The maximum Gasteiger partial charge on any atom is 0.222 e. The SMILES string of the molecule is COc1ccc(Nc2nc(N)ncc2Cl)cc1C. The number of aryl methyl sites for hydroxylation is 1. The second-order valence-electron chi connectivity index (χ2n) is 3.73. The predicted molar refractivity (Wildman–Crippen MR) is 72.5 cm³/mol. The molecule has 94 valence electrons. The van der Waals surface area contributed by atoms with Crippen molar-refractivity contribution in [2.75, 3.05) is 18.2 Å². The van der Waals surface area contributed by atoms with Gasteiger partial charge in [-0.15, -0.1) is 0 Å². The zero-order valence-electron chi connectivity index (χ0n) is 10.1. The van der Waals surface area contributed by atoms with E-state index in [0.29, 0.717) is 10.8 Å². The monoisotopic (exact) mass is 264 g/mol. The third-order valence-corrected chi connectivity index (χ3v) is 2.70. The zero-order valence-corrected chi connectivity index (χ0v) is 10.8. The Labute approximate surface area is 110 Å². The first-order valence-corrected chi connectivity index (χ1v) is 5.67. The van der Waals surface area contributed by atoms with Crippen molar-refractivity contribution in [1.29, 1.82) is 0 Å². The zero-order chi connectivity index (χ0) is 13.1. The molecule has 2 aromatic rings. The van der Waals surface area contributed by atoms with Gasteiger partial charge in [0.25, 0.3) is 0 Å². The molecule has 1 heterocycles. The van der Waals surface area contributed by atoms with Crippen LogP contribution < -0.4 is 15.8 Å². The number of nitrogens with two attached hydrogens (primary N) is 1. The highest BCUT2D eigenvalue weighted by Crippen LogP contribution is 2.26. The van der Waals surface area contributed by atoms with Crippen LogP contribution in [0.5, 0.6) is 5.75 Å². The largest absolute Gasteiger partial charge is 0.496 e. The van der Waals surface area contributed by atoms with E-state index in [9.17, 15) is 0 Å². The molecule has 0 radical (unpaired) electrons. The maximum absolute atomic E-state index is 5.98. The minimum Gasteiger partial charge on any atom is -0.496 e. The first-order chi connectivity index (χ1) is 8.60. The van der Waals surface area contributed by atoms with Crippen LogP contribution in [-0.4, -0.2) is 17.1 Å². The van der Waals surface area contributed by atoms with E-state index in [1.165, 1.54) is 6.20 Å². The molecule has 0 saturated carbocycles. The number of anilines is 3. The van der Waals surface area contributed by atoms with Crippen molar-refractivity contribution in [1.82, 2.24) is 9.97 Å². The van der Waals surface area contributed by atoms with E-state index in [4.69, 9.17) is 22.1 Å². The maximum atomic E-state index is 5.98. The quantitative estimate of drug-likeness (QED) is 0.892. The normalized spacial score (nSPS) is 10.2. The number of methoxy groups -OCH3 is 1. The molecule has 6 heteroatoms. The molecule has 5 nitrogen and oxygen atoms in total. The van der Waals surface area contributed by atoms with Crippen molar-refractivity contribution in [2.45, 2.75) is 6.92 Å². The van der Waals surface area contributed by atoms with Crippen LogP contribution in [0.15, 0.2) is 24.4 Å². The molecule has 0 fully saturated rings. The number of nitrogen functional groups attached to an aromatic ring is 1. The molecule has 18 heavy (non-hydrogen) atoms. The number of rotatable bonds is 3. The van der Waals surface area contributed by atoms with Gasteiger partial charge in [-0.25, -0.2) is 4.98 Å². The fourth-order valence-corrected chi connectivity index (χ4v) is 1.70. The molecule has 0 amide bonds. The van der Waals surface area contributed by atoms with E-state index in [0.717, 1.165) is 17.0 Å². The lowest BCUT2D eigenvalue weighted by molar-refractivity contribution is 0.412. The van der Waals surface area contributed by atoms with Crippen LogP contribution in [0.4, 0.5) is 17.5 Å². The van der Waals surface area contributed by atoms with Gasteiger partial charge in [0.1, 0.15) is 10.8 Å². The smallest absolute Gasteiger partial charge is 0.222 e. The Kier molecular flexibility index (Phi) is 3.53. The summed E-state index contributed by atoms with van der Waals surface area (Å²) in [4.78, 5) is 7.83. The number of benzene rings is 1. The number of nitrogens with one attached hydrogen (secondary N) is 1. The molecule has 0 aliphatic rings. The molecule has 1 aromatic heterocycles. The number of ether oxygens (including phenoxy) is 1. The third kappa shape index (κ3) is 2.62. The van der Waals surface area contributed by atoms with Gasteiger partial charge in [0, 0.05) is 5.69 Å². The van der Waals surface area contributed by atoms with Crippen molar-refractivity contribution in [3.05, 3.63) is 35.0 Å². The van der Waals surface area contributed by atoms with Gasteiger partial charge in [-0.05, 0) is 30.7 Å². The van der Waals surface area contributed by atoms with E-state index in [1.54, 1.807) is 7.11 Å². The number of halogens is 1. The van der Waals surface area contributed by atoms with Gasteiger partial charge >= 0.3 is 0 Å². The highest BCUT2D eigenvalue weighted by Gasteiger charge is 2.05. The third-order valence-electron chi connectivity index (χ3n) is 2.42. The molecule has 3 N–H and O–H groups in total. The first kappa shape index (κ1) is 12.4. The Bertz CT molecular complexity index is 574. The van der Waals surface area contributed by atoms with Gasteiger partial charge in [0.15, 0.2) is 5.82 Å². The summed E-state index contributed by atoms with van der Waals surface area (Å²) in [6.07, 6.45) is 1.46. The minimum atomic E-state index is 0.173. The number of aromatic nitrogens is 2. The molecular weight excluding hydrogens is 252 g/mol. The summed E-state index contributed by atoms with van der Waals surface area (Å²) >= 11 is 5.98. The van der Waals surface area contributed by atoms with Gasteiger partial charge in [-0.3, -0.25) is 0 Å². The molecule has 0 aliphatic carbocycles. The second kappa shape index (κ2) is 5.10. The van der Waals surface area contributed by atoms with Gasteiger partial charge in [-0.1, -0.05) is 11.6 Å². The number of hydrogen-bond acceptors (Lipinski definition) is 5. The summed E-state index contributed by atoms with van der Waals surface area (Å²) in [6.45, 7) is 1.96. The van der Waals surface area contributed by atoms with Gasteiger partial charge < -0.3 is 15.8 Å². The van der Waals surface area contributed by atoms with Crippen molar-refractivity contribution in [2.24, 2.45) is 0 Å². The summed E-state index contributed by atoms with van der Waals surface area (Å²) in [7, 11) is 1.64. The fraction of sp³-hybridized carbons (Fsp3) is 0.167. The molecule has 1 aromatic carbocycles. The van der Waals surface area contributed by atoms with Crippen molar-refractivity contribution >= 4 is 29.1 Å². The number of hydrogen-bond donors (Lipinski definition) is 2. The Morgan fingerprint density at radius 1 is 1.39 bits per heavy atom. The highest BCUT2D eigenvalue weighted by atomic mass is 35.5. The van der Waals surface area contributed by atoms with Crippen LogP contribution >= 0.6 is 11.6 Å². The highest BCUT2D eigenvalue weighted by molar-refractivity contribution is 6.32. The van der Waals surface area contributed by atoms with E-state index in [1.807, 2.05) is 25.1 Å². The van der Waals surface area contributed by atoms with E-state index in [-0.39, 0.29) is 5.95 Å². The van der Waals surface area contributed by atoms with E-state index < -0.39 is 0 Å². The first-order valence-electron chi connectivity index (χ1n) is 5.30. The minimum absolute atomic E-state index is 0.173. The van der Waals surface area contributed by atoms with Crippen LogP contribution in [0.2, 0.25) is 5.02 Å². The molecule has 0 saturated heterocycles. The van der Waals surface area contributed by atoms with Crippen LogP contribution in [0.3, 0.4) is 0 Å². The molecule has 0 unspecified atom stereocenters. The lowest BCUT2D eigenvalue weighted by Gasteiger charge is -2.10. The second-order valence-corrected chi connectivity index (χ2v) is 4.14. The summed E-state index contributed by atoms with van der Waals surface area (Å²) in [5.74, 6) is 1.48. The van der Waals surface area contributed by atoms with Crippen LogP contribution in [-0.2, 0) is 0 Å². The Hall–Kier alpha value is -2.01. The van der Waals surface area contributed by atoms with Crippen LogP contribution in [0.1, 0.15) is 5.56 Å². The van der Waals surface area contributed by atoms with Gasteiger partial charge in [-0.2, -0.15) is 4.98 Å². The molecular formula is C12H13ClN4O. The standard InChI is InChI=1S/C12H13ClN4O/c1-7-5-8(3-4-10(7)18-2)16-11-9(13)6-15-12(14)17-11/h3-6H,1-2H3,(H3,14,15,16,17). The van der Waals surface area contributed by atoms with Gasteiger partial charge in [0.2, 0.25) is 5.95 Å². The molecule has 2 rings (SSSR count). The molecule has 0 spiro atoms. The fourth-order valence-electron chi connectivity index (χ4n) is 1.56. The predicted octanol–water partition coefficient (Wildman–Crippen LogP) is 2.77. The summed E-state index contributed by atoms with van der Waals surface area (Å²) in [5, 5.41) is 3.50. The summed E-state index contributed by atoms with van der Waals surface area (Å²) in [6, 6.07) is 5.68. The lowest BCUT2D eigenvalue weighted by Crippen LogP contribution is -2.00. The summed E-state index contributed by atoms with van der Waals surface area (Å²) < 4.78 is 5.19. The van der Waals surface area contributed by atoms with Gasteiger partial charge in [0.05, 0.1) is 13.3 Å². The number of nitrogens with zero attached hydrogens (tertiary/aromatic N) is 2. The lowest BCUT2D eigenvalue weighted by atomic mass is 10.2. The van der Waals surface area contributed by atoms with E-state index in [2.05, 4.69) is 15.3 Å². The van der Waals surface area contributed by atoms with E-state index >= 15 is 0 Å². The topological polar surface area (TPSA) is 73.1 Å². The average Bonchev–Trinajstić information content (AvgIpc) is 2.34. The Balaban J connectivity index is 2.28. The molecule has 0 bridgehead atoms. The molecule has 0 atom stereocenters. The summed E-state index contributed by atoms with van der Waals surface area (Å²) in [5.41, 5.74) is 7.39. The van der Waals surface area contributed by atoms with Crippen molar-refractivity contribution in [3.63, 3.8) is 0 Å². The van der Waals surface area contributed by atoms with Crippen molar-refractivity contribution in [3.8, 4) is 5.75 Å². The average molecular weight is 265 g/mol.